The number of halogens is 1. The zero-order chi connectivity index (χ0) is 15.4. The lowest BCUT2D eigenvalue weighted by atomic mass is 10.2. The van der Waals surface area contributed by atoms with Gasteiger partial charge in [0.05, 0.1) is 4.92 Å². The molecule has 0 saturated heterocycles. The summed E-state index contributed by atoms with van der Waals surface area (Å²) in [4.78, 5) is 16.0. The zero-order valence-corrected chi connectivity index (χ0v) is 11.9. The molecule has 0 radical (unpaired) electrons. The van der Waals surface area contributed by atoms with E-state index in [-0.39, 0.29) is 11.4 Å². The number of anilines is 1. The molecule has 0 amide bonds. The van der Waals surface area contributed by atoms with Crippen molar-refractivity contribution in [1.82, 2.24) is 4.98 Å². The van der Waals surface area contributed by atoms with E-state index in [1.54, 1.807) is 24.1 Å². The van der Waals surface area contributed by atoms with Crippen LogP contribution in [0, 0.1) is 21.4 Å². The summed E-state index contributed by atoms with van der Waals surface area (Å²) in [5.74, 6) is 0.483. The fraction of sp³-hybridized carbons (Fsp3) is 0.143. The van der Waals surface area contributed by atoms with Crippen molar-refractivity contribution in [3.8, 4) is 6.07 Å². The molecular weight excluding hydrogens is 292 g/mol. The predicted octanol–water partition coefficient (Wildman–Crippen LogP) is 3.15. The second kappa shape index (κ2) is 6.20. The van der Waals surface area contributed by atoms with Crippen LogP contribution in [0.15, 0.2) is 36.4 Å². The van der Waals surface area contributed by atoms with Gasteiger partial charge in [0.2, 0.25) is 5.69 Å². The summed E-state index contributed by atoms with van der Waals surface area (Å²) in [6, 6.07) is 11.9. The van der Waals surface area contributed by atoms with E-state index in [4.69, 9.17) is 16.9 Å². The Morgan fingerprint density at radius 3 is 2.81 bits per heavy atom. The van der Waals surface area contributed by atoms with Crippen LogP contribution in [0.2, 0.25) is 5.02 Å². The van der Waals surface area contributed by atoms with E-state index in [9.17, 15) is 10.1 Å². The summed E-state index contributed by atoms with van der Waals surface area (Å²) in [6.07, 6.45) is 0. The first kappa shape index (κ1) is 14.8. The summed E-state index contributed by atoms with van der Waals surface area (Å²) < 4.78 is 0. The van der Waals surface area contributed by atoms with Crippen LogP contribution in [0.4, 0.5) is 11.5 Å². The molecule has 2 aromatic rings. The van der Waals surface area contributed by atoms with Crippen LogP contribution >= 0.6 is 11.6 Å². The van der Waals surface area contributed by atoms with Crippen LogP contribution < -0.4 is 4.90 Å². The van der Waals surface area contributed by atoms with E-state index >= 15 is 0 Å². The molecule has 0 N–H and O–H groups in total. The maximum Gasteiger partial charge on any atom is 0.305 e. The third-order valence-electron chi connectivity index (χ3n) is 2.86. The van der Waals surface area contributed by atoms with Crippen molar-refractivity contribution in [3.63, 3.8) is 0 Å². The maximum atomic E-state index is 10.8. The molecule has 1 heterocycles. The Kier molecular flexibility index (Phi) is 4.36. The summed E-state index contributed by atoms with van der Waals surface area (Å²) in [7, 11) is 1.79. The number of benzene rings is 1. The largest absolute Gasteiger partial charge is 0.355 e. The van der Waals surface area contributed by atoms with Crippen molar-refractivity contribution >= 4 is 23.1 Å². The topological polar surface area (TPSA) is 83.1 Å². The molecule has 0 unspecified atom stereocenters. The van der Waals surface area contributed by atoms with Crippen LogP contribution in [-0.2, 0) is 6.54 Å². The lowest BCUT2D eigenvalue weighted by molar-refractivity contribution is -0.385. The van der Waals surface area contributed by atoms with E-state index in [0.717, 1.165) is 5.56 Å². The lowest BCUT2D eigenvalue weighted by Crippen LogP contribution is -2.18. The number of nitro groups is 1. The average Bonchev–Trinajstić information content (AvgIpc) is 2.46. The highest BCUT2D eigenvalue weighted by Gasteiger charge is 2.17. The maximum absolute atomic E-state index is 10.8. The summed E-state index contributed by atoms with van der Waals surface area (Å²) in [6.45, 7) is 0.524. The molecule has 0 bridgehead atoms. The van der Waals surface area contributed by atoms with Crippen molar-refractivity contribution in [1.29, 1.82) is 5.26 Å². The highest BCUT2D eigenvalue weighted by atomic mass is 35.5. The van der Waals surface area contributed by atoms with Gasteiger partial charge in [-0.05, 0) is 23.8 Å². The molecule has 0 saturated carbocycles. The molecule has 0 aliphatic rings. The molecule has 0 aliphatic heterocycles. The Labute approximate surface area is 126 Å². The molecule has 2 rings (SSSR count). The Balaban J connectivity index is 2.26. The summed E-state index contributed by atoms with van der Waals surface area (Å²) in [5, 5.41) is 20.4. The first-order chi connectivity index (χ1) is 10.0. The third kappa shape index (κ3) is 3.46. The van der Waals surface area contributed by atoms with Crippen LogP contribution in [0.1, 0.15) is 11.3 Å². The molecule has 0 atom stereocenters. The highest BCUT2D eigenvalue weighted by Crippen LogP contribution is 2.21. The van der Waals surface area contributed by atoms with Gasteiger partial charge < -0.3 is 4.90 Å². The number of rotatable bonds is 4. The van der Waals surface area contributed by atoms with Gasteiger partial charge in [-0.25, -0.2) is 4.98 Å². The first-order valence-corrected chi connectivity index (χ1v) is 6.40. The fourth-order valence-corrected chi connectivity index (χ4v) is 2.09. The smallest absolute Gasteiger partial charge is 0.305 e. The van der Waals surface area contributed by atoms with Crippen molar-refractivity contribution in [2.45, 2.75) is 6.54 Å². The van der Waals surface area contributed by atoms with Crippen molar-refractivity contribution in [2.24, 2.45) is 0 Å². The minimum absolute atomic E-state index is 0.199. The van der Waals surface area contributed by atoms with Crippen molar-refractivity contribution in [2.75, 3.05) is 11.9 Å². The summed E-state index contributed by atoms with van der Waals surface area (Å²) in [5.41, 5.74) is 0.483. The Hall–Kier alpha value is -2.65. The van der Waals surface area contributed by atoms with Crippen LogP contribution in [0.3, 0.4) is 0 Å². The van der Waals surface area contributed by atoms with Gasteiger partial charge in [0.1, 0.15) is 11.9 Å². The summed E-state index contributed by atoms with van der Waals surface area (Å²) >= 11 is 5.93. The molecule has 0 fully saturated rings. The highest BCUT2D eigenvalue weighted by molar-refractivity contribution is 6.30. The Morgan fingerprint density at radius 2 is 2.19 bits per heavy atom. The van der Waals surface area contributed by atoms with Crippen molar-refractivity contribution < 1.29 is 4.92 Å². The molecule has 1 aromatic carbocycles. The Bertz CT molecular complexity index is 727. The quantitative estimate of drug-likeness (QED) is 0.640. The number of nitrogens with zero attached hydrogens (tertiary/aromatic N) is 4. The lowest BCUT2D eigenvalue weighted by Gasteiger charge is -2.18. The molecule has 106 valence electrons. The van der Waals surface area contributed by atoms with E-state index in [0.29, 0.717) is 17.4 Å². The number of aromatic nitrogens is 1. The molecular formula is C14H11ClN4O2. The van der Waals surface area contributed by atoms with Gasteiger partial charge in [0, 0.05) is 24.7 Å². The van der Waals surface area contributed by atoms with Crippen molar-refractivity contribution in [3.05, 3.63) is 62.8 Å². The number of hydrogen-bond acceptors (Lipinski definition) is 5. The fourth-order valence-electron chi connectivity index (χ4n) is 1.87. The van der Waals surface area contributed by atoms with Gasteiger partial charge in [-0.2, -0.15) is 5.26 Å². The van der Waals surface area contributed by atoms with E-state index in [1.165, 1.54) is 12.1 Å². The first-order valence-electron chi connectivity index (χ1n) is 6.02. The van der Waals surface area contributed by atoms with Gasteiger partial charge in [-0.1, -0.05) is 23.7 Å². The molecule has 6 nitrogen and oxygen atoms in total. The van der Waals surface area contributed by atoms with Gasteiger partial charge in [0.25, 0.3) is 0 Å². The molecule has 0 aliphatic carbocycles. The number of pyridine rings is 1. The monoisotopic (exact) mass is 302 g/mol. The van der Waals surface area contributed by atoms with E-state index in [2.05, 4.69) is 4.98 Å². The number of hydrogen-bond donors (Lipinski definition) is 0. The van der Waals surface area contributed by atoms with Gasteiger partial charge in [-0.3, -0.25) is 10.1 Å². The van der Waals surface area contributed by atoms with Gasteiger partial charge in [0.15, 0.2) is 0 Å². The standard InChI is InChI=1S/C14H11ClN4O2/c1-18(9-10-3-2-4-11(15)7-10)14-6-5-13(19(20)21)12(8-16)17-14/h2-7H,9H2,1H3. The normalized spacial score (nSPS) is 9.95. The molecule has 21 heavy (non-hydrogen) atoms. The molecule has 0 spiro atoms. The van der Waals surface area contributed by atoms with E-state index < -0.39 is 4.92 Å². The van der Waals surface area contributed by atoms with E-state index in [1.807, 2.05) is 18.2 Å². The minimum Gasteiger partial charge on any atom is -0.355 e. The second-order valence-corrected chi connectivity index (χ2v) is 4.83. The predicted molar refractivity (Wildman–Crippen MR) is 79.2 cm³/mol. The SMILES string of the molecule is CN(Cc1cccc(Cl)c1)c1ccc([N+](=O)[O-])c(C#N)n1. The molecule has 7 heteroatoms. The van der Waals surface area contributed by atoms with Crippen LogP contribution in [0.25, 0.3) is 0 Å². The second-order valence-electron chi connectivity index (χ2n) is 4.39. The zero-order valence-electron chi connectivity index (χ0n) is 11.2. The van der Waals surface area contributed by atoms with Gasteiger partial charge in [-0.15, -0.1) is 0 Å². The number of nitriles is 1. The van der Waals surface area contributed by atoms with Gasteiger partial charge >= 0.3 is 5.69 Å². The Morgan fingerprint density at radius 1 is 1.43 bits per heavy atom. The van der Waals surface area contributed by atoms with Crippen LogP contribution in [-0.4, -0.2) is 17.0 Å². The third-order valence-corrected chi connectivity index (χ3v) is 3.10. The molecule has 1 aromatic heterocycles. The van der Waals surface area contributed by atoms with Crippen LogP contribution in [0.5, 0.6) is 0 Å². The minimum atomic E-state index is -0.619. The average molecular weight is 303 g/mol.